The van der Waals surface area contributed by atoms with Crippen LogP contribution in [0, 0.1) is 0 Å². The Kier molecular flexibility index (Phi) is 3.48. The van der Waals surface area contributed by atoms with Crippen LogP contribution in [0.1, 0.15) is 29.8 Å². The summed E-state index contributed by atoms with van der Waals surface area (Å²) >= 11 is 0. The Labute approximate surface area is 89.7 Å². The monoisotopic (exact) mass is 208 g/mol. The number of rotatable bonds is 3. The number of aliphatic hydroxyl groups is 1. The molecule has 0 spiro atoms. The molecule has 0 amide bonds. The highest BCUT2D eigenvalue weighted by Gasteiger charge is 2.19. The van der Waals surface area contributed by atoms with Gasteiger partial charge in [-0.15, -0.1) is 0 Å². The highest BCUT2D eigenvalue weighted by atomic mass is 16.5. The van der Waals surface area contributed by atoms with Crippen molar-refractivity contribution >= 4 is 5.97 Å². The van der Waals surface area contributed by atoms with Crippen LogP contribution in [0.5, 0.6) is 0 Å². The summed E-state index contributed by atoms with van der Waals surface area (Å²) in [5, 5.41) is 9.18. The molecule has 0 fully saturated rings. The third-order valence-electron chi connectivity index (χ3n) is 2.48. The second-order valence-electron chi connectivity index (χ2n) is 4.11. The van der Waals surface area contributed by atoms with Crippen molar-refractivity contribution in [2.45, 2.75) is 19.3 Å². The fraction of sp³-hybridized carbons (Fsp3) is 0.417. The van der Waals surface area contributed by atoms with Gasteiger partial charge in [-0.05, 0) is 17.7 Å². The largest absolute Gasteiger partial charge is 0.465 e. The van der Waals surface area contributed by atoms with Crippen molar-refractivity contribution < 1.29 is 14.6 Å². The van der Waals surface area contributed by atoms with Crippen LogP contribution in [0.15, 0.2) is 24.3 Å². The molecule has 0 aliphatic heterocycles. The Morgan fingerprint density at radius 3 is 2.27 bits per heavy atom. The number of methoxy groups -OCH3 is 1. The van der Waals surface area contributed by atoms with Crippen molar-refractivity contribution in [2.24, 2.45) is 0 Å². The van der Waals surface area contributed by atoms with Crippen molar-refractivity contribution in [1.82, 2.24) is 0 Å². The fourth-order valence-electron chi connectivity index (χ4n) is 1.27. The smallest absolute Gasteiger partial charge is 0.337 e. The number of ether oxygens (including phenoxy) is 1. The first-order chi connectivity index (χ1) is 7.01. The summed E-state index contributed by atoms with van der Waals surface area (Å²) in [6, 6.07) is 7.09. The highest BCUT2D eigenvalue weighted by Crippen LogP contribution is 2.22. The maximum absolute atomic E-state index is 11.2. The standard InChI is InChI=1S/C12H16O3/c1-12(2,8-13)10-6-4-9(5-7-10)11(14)15-3/h4-7,13H,8H2,1-3H3. The van der Waals surface area contributed by atoms with Gasteiger partial charge in [0.2, 0.25) is 0 Å². The molecule has 0 saturated carbocycles. The lowest BCUT2D eigenvalue weighted by atomic mass is 9.85. The van der Waals surface area contributed by atoms with Crippen LogP contribution in [-0.4, -0.2) is 24.8 Å². The molecule has 3 nitrogen and oxygen atoms in total. The van der Waals surface area contributed by atoms with Gasteiger partial charge in [0, 0.05) is 5.41 Å². The van der Waals surface area contributed by atoms with Gasteiger partial charge in [0.15, 0.2) is 0 Å². The topological polar surface area (TPSA) is 46.5 Å². The predicted molar refractivity (Wildman–Crippen MR) is 57.9 cm³/mol. The molecule has 0 saturated heterocycles. The first-order valence-corrected chi connectivity index (χ1v) is 4.81. The Morgan fingerprint density at radius 1 is 1.33 bits per heavy atom. The molecule has 1 rings (SSSR count). The van der Waals surface area contributed by atoms with Crippen LogP contribution in [0.25, 0.3) is 0 Å². The van der Waals surface area contributed by atoms with E-state index in [4.69, 9.17) is 0 Å². The van der Waals surface area contributed by atoms with E-state index in [9.17, 15) is 9.90 Å². The van der Waals surface area contributed by atoms with Gasteiger partial charge in [-0.25, -0.2) is 4.79 Å². The average Bonchev–Trinajstić information content (AvgIpc) is 2.28. The number of aliphatic hydroxyl groups excluding tert-OH is 1. The van der Waals surface area contributed by atoms with E-state index in [2.05, 4.69) is 4.74 Å². The number of benzene rings is 1. The molecule has 0 heterocycles. The second kappa shape index (κ2) is 4.45. The van der Waals surface area contributed by atoms with E-state index in [0.29, 0.717) is 5.56 Å². The molecular formula is C12H16O3. The summed E-state index contributed by atoms with van der Waals surface area (Å²) in [6.45, 7) is 3.96. The highest BCUT2D eigenvalue weighted by molar-refractivity contribution is 5.89. The van der Waals surface area contributed by atoms with Crippen molar-refractivity contribution in [3.63, 3.8) is 0 Å². The van der Waals surface area contributed by atoms with Crippen molar-refractivity contribution in [3.8, 4) is 0 Å². The molecule has 0 atom stereocenters. The zero-order chi connectivity index (χ0) is 11.5. The Bertz CT molecular complexity index is 338. The lowest BCUT2D eigenvalue weighted by Gasteiger charge is -2.22. The van der Waals surface area contributed by atoms with Gasteiger partial charge in [-0.2, -0.15) is 0 Å². The van der Waals surface area contributed by atoms with E-state index in [1.807, 2.05) is 26.0 Å². The van der Waals surface area contributed by atoms with Crippen molar-refractivity contribution in [2.75, 3.05) is 13.7 Å². The van der Waals surface area contributed by atoms with Crippen molar-refractivity contribution in [1.29, 1.82) is 0 Å². The van der Waals surface area contributed by atoms with Gasteiger partial charge in [-0.1, -0.05) is 26.0 Å². The van der Waals surface area contributed by atoms with Crippen LogP contribution >= 0.6 is 0 Å². The lowest BCUT2D eigenvalue weighted by molar-refractivity contribution is 0.0600. The number of esters is 1. The van der Waals surface area contributed by atoms with E-state index in [-0.39, 0.29) is 18.0 Å². The average molecular weight is 208 g/mol. The molecule has 1 aromatic rings. The first kappa shape index (κ1) is 11.7. The summed E-state index contributed by atoms with van der Waals surface area (Å²) < 4.78 is 4.60. The molecule has 0 bridgehead atoms. The maximum Gasteiger partial charge on any atom is 0.337 e. The quantitative estimate of drug-likeness (QED) is 0.770. The molecule has 82 valence electrons. The minimum absolute atomic E-state index is 0.0740. The Hall–Kier alpha value is -1.35. The third-order valence-corrected chi connectivity index (χ3v) is 2.48. The normalized spacial score (nSPS) is 11.2. The molecule has 3 heteroatoms. The Morgan fingerprint density at radius 2 is 1.87 bits per heavy atom. The van der Waals surface area contributed by atoms with Crippen LogP contribution in [-0.2, 0) is 10.2 Å². The molecule has 1 aromatic carbocycles. The molecule has 1 N–H and O–H groups in total. The zero-order valence-electron chi connectivity index (χ0n) is 9.28. The van der Waals surface area contributed by atoms with Crippen LogP contribution in [0.3, 0.4) is 0 Å². The van der Waals surface area contributed by atoms with E-state index < -0.39 is 0 Å². The van der Waals surface area contributed by atoms with E-state index in [0.717, 1.165) is 5.56 Å². The minimum atomic E-state index is -0.344. The van der Waals surface area contributed by atoms with Gasteiger partial charge in [0.05, 0.1) is 19.3 Å². The molecule has 15 heavy (non-hydrogen) atoms. The van der Waals surface area contributed by atoms with Gasteiger partial charge >= 0.3 is 5.97 Å². The molecule has 0 aromatic heterocycles. The molecular weight excluding hydrogens is 192 g/mol. The molecule has 0 aliphatic rings. The Balaban J connectivity index is 2.95. The summed E-state index contributed by atoms with van der Waals surface area (Å²) in [6.07, 6.45) is 0. The third kappa shape index (κ3) is 2.57. The summed E-state index contributed by atoms with van der Waals surface area (Å²) in [4.78, 5) is 11.2. The van der Waals surface area contributed by atoms with Gasteiger partial charge < -0.3 is 9.84 Å². The van der Waals surface area contributed by atoms with Crippen LogP contribution in [0.2, 0.25) is 0 Å². The SMILES string of the molecule is COC(=O)c1ccc(C(C)(C)CO)cc1. The summed E-state index contributed by atoms with van der Waals surface area (Å²) in [5.41, 5.74) is 1.24. The van der Waals surface area contributed by atoms with Gasteiger partial charge in [0.1, 0.15) is 0 Å². The maximum atomic E-state index is 11.2. The zero-order valence-corrected chi connectivity index (χ0v) is 9.28. The summed E-state index contributed by atoms with van der Waals surface area (Å²) in [7, 11) is 1.36. The van der Waals surface area contributed by atoms with Gasteiger partial charge in [-0.3, -0.25) is 0 Å². The number of carbonyl (C=O) groups excluding carboxylic acids is 1. The van der Waals surface area contributed by atoms with Crippen LogP contribution < -0.4 is 0 Å². The molecule has 0 aliphatic carbocycles. The van der Waals surface area contributed by atoms with E-state index in [1.54, 1.807) is 12.1 Å². The number of hydrogen-bond donors (Lipinski definition) is 1. The molecule has 0 radical (unpaired) electrons. The minimum Gasteiger partial charge on any atom is -0.465 e. The first-order valence-electron chi connectivity index (χ1n) is 4.81. The van der Waals surface area contributed by atoms with Crippen LogP contribution in [0.4, 0.5) is 0 Å². The summed E-state index contributed by atoms with van der Waals surface area (Å²) in [5.74, 6) is -0.344. The predicted octanol–water partition coefficient (Wildman–Crippen LogP) is 1.74. The van der Waals surface area contributed by atoms with E-state index in [1.165, 1.54) is 7.11 Å². The number of hydrogen-bond acceptors (Lipinski definition) is 3. The second-order valence-corrected chi connectivity index (χ2v) is 4.11. The lowest BCUT2D eigenvalue weighted by Crippen LogP contribution is -2.22. The van der Waals surface area contributed by atoms with Gasteiger partial charge in [0.25, 0.3) is 0 Å². The number of carbonyl (C=O) groups is 1. The van der Waals surface area contributed by atoms with E-state index >= 15 is 0 Å². The fourth-order valence-corrected chi connectivity index (χ4v) is 1.27. The van der Waals surface area contributed by atoms with Crippen molar-refractivity contribution in [3.05, 3.63) is 35.4 Å². The molecule has 0 unspecified atom stereocenters.